The van der Waals surface area contributed by atoms with Gasteiger partial charge < -0.3 is 10.5 Å². The molecule has 2 nitrogen and oxygen atoms in total. The van der Waals surface area contributed by atoms with Gasteiger partial charge in [-0.3, -0.25) is 0 Å². The third-order valence-electron chi connectivity index (χ3n) is 3.35. The van der Waals surface area contributed by atoms with Gasteiger partial charge in [0.1, 0.15) is 12.4 Å². The summed E-state index contributed by atoms with van der Waals surface area (Å²) in [5.41, 5.74) is 10.1. The summed E-state index contributed by atoms with van der Waals surface area (Å²) >= 11 is 0. The van der Waals surface area contributed by atoms with E-state index in [0.717, 1.165) is 22.4 Å². The smallest absolute Gasteiger partial charge is 0.142 e. The van der Waals surface area contributed by atoms with E-state index in [0.29, 0.717) is 12.3 Å². The van der Waals surface area contributed by atoms with Crippen molar-refractivity contribution in [1.82, 2.24) is 0 Å². The van der Waals surface area contributed by atoms with E-state index in [1.165, 1.54) is 0 Å². The first-order chi connectivity index (χ1) is 10.3. The molecular weight excluding hydrogens is 258 g/mol. The average molecular weight is 275 g/mol. The topological polar surface area (TPSA) is 35.2 Å². The van der Waals surface area contributed by atoms with Crippen LogP contribution in [0.4, 0.5) is 5.69 Å². The van der Waals surface area contributed by atoms with Crippen LogP contribution in [0.3, 0.4) is 0 Å². The Morgan fingerprint density at radius 1 is 0.714 bits per heavy atom. The van der Waals surface area contributed by atoms with Crippen molar-refractivity contribution in [2.75, 3.05) is 5.73 Å². The van der Waals surface area contributed by atoms with Crippen molar-refractivity contribution < 1.29 is 4.74 Å². The number of hydrogen-bond acceptors (Lipinski definition) is 2. The zero-order valence-electron chi connectivity index (χ0n) is 11.7. The van der Waals surface area contributed by atoms with Crippen LogP contribution in [0.5, 0.6) is 5.75 Å². The Labute approximate surface area is 124 Å². The minimum atomic E-state index is 0.524. The Hall–Kier alpha value is -2.74. The zero-order chi connectivity index (χ0) is 14.5. The molecule has 3 rings (SSSR count). The van der Waals surface area contributed by atoms with Crippen molar-refractivity contribution >= 4 is 5.69 Å². The summed E-state index contributed by atoms with van der Waals surface area (Å²) < 4.78 is 5.79. The molecule has 104 valence electrons. The maximum absolute atomic E-state index is 6.10. The Bertz CT molecular complexity index is 708. The molecule has 0 bridgehead atoms. The van der Waals surface area contributed by atoms with Gasteiger partial charge in [-0.05, 0) is 28.8 Å². The minimum absolute atomic E-state index is 0.524. The van der Waals surface area contributed by atoms with Gasteiger partial charge in [-0.25, -0.2) is 0 Å². The van der Waals surface area contributed by atoms with E-state index >= 15 is 0 Å². The first-order valence-corrected chi connectivity index (χ1v) is 6.94. The molecule has 0 atom stereocenters. The van der Waals surface area contributed by atoms with Gasteiger partial charge in [-0.15, -0.1) is 0 Å². The summed E-state index contributed by atoms with van der Waals surface area (Å²) in [7, 11) is 0. The molecule has 0 saturated heterocycles. The fraction of sp³-hybridized carbons (Fsp3) is 0.0526. The summed E-state index contributed by atoms with van der Waals surface area (Å²) in [4.78, 5) is 0. The van der Waals surface area contributed by atoms with Crippen LogP contribution in [0.2, 0.25) is 0 Å². The molecule has 3 aromatic rings. The fourth-order valence-corrected chi connectivity index (χ4v) is 2.23. The number of anilines is 1. The monoisotopic (exact) mass is 275 g/mol. The molecule has 0 unspecified atom stereocenters. The SMILES string of the molecule is Nc1cc(-c2ccccc2)ccc1OCc1ccccc1. The Kier molecular flexibility index (Phi) is 3.88. The second-order valence-corrected chi connectivity index (χ2v) is 4.89. The van der Waals surface area contributed by atoms with E-state index in [-0.39, 0.29) is 0 Å². The largest absolute Gasteiger partial charge is 0.487 e. The Balaban J connectivity index is 1.76. The molecule has 2 heteroatoms. The van der Waals surface area contributed by atoms with E-state index in [1.807, 2.05) is 66.7 Å². The summed E-state index contributed by atoms with van der Waals surface area (Å²) in [6, 6.07) is 26.2. The van der Waals surface area contributed by atoms with Crippen molar-refractivity contribution in [3.05, 3.63) is 84.4 Å². The number of nitrogens with two attached hydrogens (primary N) is 1. The fourth-order valence-electron chi connectivity index (χ4n) is 2.23. The number of benzene rings is 3. The van der Waals surface area contributed by atoms with Gasteiger partial charge in [-0.1, -0.05) is 66.7 Å². The average Bonchev–Trinajstić information content (AvgIpc) is 2.55. The van der Waals surface area contributed by atoms with E-state index in [2.05, 4.69) is 12.1 Å². The van der Waals surface area contributed by atoms with Gasteiger partial charge in [-0.2, -0.15) is 0 Å². The normalized spacial score (nSPS) is 10.3. The molecule has 0 spiro atoms. The van der Waals surface area contributed by atoms with E-state index in [9.17, 15) is 0 Å². The predicted molar refractivity (Wildman–Crippen MR) is 87.1 cm³/mol. The Morgan fingerprint density at radius 3 is 2.05 bits per heavy atom. The molecule has 0 aliphatic heterocycles. The number of rotatable bonds is 4. The Morgan fingerprint density at radius 2 is 1.38 bits per heavy atom. The first kappa shape index (κ1) is 13.3. The van der Waals surface area contributed by atoms with E-state index in [4.69, 9.17) is 10.5 Å². The molecule has 0 aliphatic carbocycles. The van der Waals surface area contributed by atoms with Crippen molar-refractivity contribution in [2.24, 2.45) is 0 Å². The van der Waals surface area contributed by atoms with Crippen LogP contribution in [-0.2, 0) is 6.61 Å². The lowest BCUT2D eigenvalue weighted by Gasteiger charge is -2.10. The van der Waals surface area contributed by atoms with Gasteiger partial charge in [0.15, 0.2) is 0 Å². The highest BCUT2D eigenvalue weighted by Gasteiger charge is 2.04. The third kappa shape index (κ3) is 3.23. The molecule has 0 radical (unpaired) electrons. The second-order valence-electron chi connectivity index (χ2n) is 4.89. The molecule has 2 N–H and O–H groups in total. The third-order valence-corrected chi connectivity index (χ3v) is 3.35. The van der Waals surface area contributed by atoms with Crippen LogP contribution in [0.1, 0.15) is 5.56 Å². The van der Waals surface area contributed by atoms with Gasteiger partial charge >= 0.3 is 0 Å². The van der Waals surface area contributed by atoms with Gasteiger partial charge in [0, 0.05) is 0 Å². The minimum Gasteiger partial charge on any atom is -0.487 e. The molecule has 0 heterocycles. The van der Waals surface area contributed by atoms with Crippen LogP contribution in [0.25, 0.3) is 11.1 Å². The molecule has 0 fully saturated rings. The van der Waals surface area contributed by atoms with Crippen molar-refractivity contribution in [3.8, 4) is 16.9 Å². The first-order valence-electron chi connectivity index (χ1n) is 6.94. The predicted octanol–water partition coefficient (Wildman–Crippen LogP) is 4.51. The van der Waals surface area contributed by atoms with Gasteiger partial charge in [0.05, 0.1) is 5.69 Å². The molecule has 0 saturated carbocycles. The lowest BCUT2D eigenvalue weighted by molar-refractivity contribution is 0.308. The molecular formula is C19H17NO. The van der Waals surface area contributed by atoms with Gasteiger partial charge in [0.25, 0.3) is 0 Å². The standard InChI is InChI=1S/C19H17NO/c20-18-13-17(16-9-5-2-6-10-16)11-12-19(18)21-14-15-7-3-1-4-8-15/h1-13H,14,20H2. The van der Waals surface area contributed by atoms with Crippen LogP contribution in [0, 0.1) is 0 Å². The summed E-state index contributed by atoms with van der Waals surface area (Å²) in [6.45, 7) is 0.524. The molecule has 0 aliphatic rings. The van der Waals surface area contributed by atoms with Gasteiger partial charge in [0.2, 0.25) is 0 Å². The quantitative estimate of drug-likeness (QED) is 0.711. The number of ether oxygens (including phenoxy) is 1. The number of nitrogen functional groups attached to an aromatic ring is 1. The second kappa shape index (κ2) is 6.14. The molecule has 0 amide bonds. The maximum Gasteiger partial charge on any atom is 0.142 e. The zero-order valence-corrected chi connectivity index (χ0v) is 11.7. The van der Waals surface area contributed by atoms with Crippen molar-refractivity contribution in [1.29, 1.82) is 0 Å². The highest BCUT2D eigenvalue weighted by Crippen LogP contribution is 2.28. The summed E-state index contributed by atoms with van der Waals surface area (Å²) in [5.74, 6) is 0.721. The molecule has 3 aromatic carbocycles. The van der Waals surface area contributed by atoms with Crippen molar-refractivity contribution in [2.45, 2.75) is 6.61 Å². The highest BCUT2D eigenvalue weighted by atomic mass is 16.5. The van der Waals surface area contributed by atoms with Crippen LogP contribution < -0.4 is 10.5 Å². The molecule has 0 aromatic heterocycles. The lowest BCUT2D eigenvalue weighted by Crippen LogP contribution is -1.98. The van der Waals surface area contributed by atoms with Crippen LogP contribution >= 0.6 is 0 Å². The summed E-state index contributed by atoms with van der Waals surface area (Å²) in [6.07, 6.45) is 0. The summed E-state index contributed by atoms with van der Waals surface area (Å²) in [5, 5.41) is 0. The van der Waals surface area contributed by atoms with Crippen LogP contribution in [-0.4, -0.2) is 0 Å². The van der Waals surface area contributed by atoms with E-state index in [1.54, 1.807) is 0 Å². The lowest BCUT2D eigenvalue weighted by atomic mass is 10.1. The van der Waals surface area contributed by atoms with Crippen LogP contribution in [0.15, 0.2) is 78.9 Å². The molecule has 21 heavy (non-hydrogen) atoms. The van der Waals surface area contributed by atoms with E-state index < -0.39 is 0 Å². The van der Waals surface area contributed by atoms with Crippen molar-refractivity contribution in [3.63, 3.8) is 0 Å². The maximum atomic E-state index is 6.10. The highest BCUT2D eigenvalue weighted by molar-refractivity contribution is 5.70. The number of hydrogen-bond donors (Lipinski definition) is 1.